The quantitative estimate of drug-likeness (QED) is 0.644. The first-order chi connectivity index (χ1) is 5.96. The Labute approximate surface area is 83.6 Å². The normalized spacial score (nSPS) is 17.6. The van der Waals surface area contributed by atoms with Crippen LogP contribution >= 0.6 is 0 Å². The molecule has 0 aliphatic carbocycles. The molecule has 0 radical (unpaired) electrons. The molecule has 0 aliphatic heterocycles. The molecule has 1 atom stereocenters. The molecule has 0 saturated heterocycles. The highest BCUT2D eigenvalue weighted by atomic mass is 14.9. The van der Waals surface area contributed by atoms with Crippen molar-refractivity contribution in [2.45, 2.75) is 53.0 Å². The van der Waals surface area contributed by atoms with E-state index in [1.807, 2.05) is 0 Å². The molecule has 0 spiro atoms. The van der Waals surface area contributed by atoms with Crippen molar-refractivity contribution in [3.63, 3.8) is 0 Å². The molecular weight excluding hydrogens is 158 g/mol. The van der Waals surface area contributed by atoms with Crippen molar-refractivity contribution in [3.8, 4) is 0 Å². The SMILES string of the molecule is CC/C=C(\C)C(C)(CC(C)C)NC. The summed E-state index contributed by atoms with van der Waals surface area (Å²) in [6.45, 7) is 11.2. The molecule has 0 saturated carbocycles. The number of rotatable bonds is 5. The third-order valence-corrected chi connectivity index (χ3v) is 2.75. The van der Waals surface area contributed by atoms with Crippen molar-refractivity contribution < 1.29 is 0 Å². The third-order valence-electron chi connectivity index (χ3n) is 2.75. The first-order valence-corrected chi connectivity index (χ1v) is 5.32. The fraction of sp³-hybridized carbons (Fsp3) is 0.833. The highest BCUT2D eigenvalue weighted by molar-refractivity contribution is 5.16. The standard InChI is InChI=1S/C12H25N/c1-7-8-11(4)12(5,13-6)9-10(2)3/h8,10,13H,7,9H2,1-6H3/b11-8+. The van der Waals surface area contributed by atoms with Gasteiger partial charge in [0.2, 0.25) is 0 Å². The van der Waals surface area contributed by atoms with Crippen LogP contribution in [0.3, 0.4) is 0 Å². The Morgan fingerprint density at radius 2 is 2.00 bits per heavy atom. The number of likely N-dealkylation sites (N-methyl/N-ethyl adjacent to an activating group) is 1. The number of nitrogens with one attached hydrogen (secondary N) is 1. The van der Waals surface area contributed by atoms with Crippen molar-refractivity contribution in [1.82, 2.24) is 5.32 Å². The summed E-state index contributed by atoms with van der Waals surface area (Å²) in [6, 6.07) is 0. The fourth-order valence-corrected chi connectivity index (χ4v) is 1.81. The van der Waals surface area contributed by atoms with Gasteiger partial charge in [-0.2, -0.15) is 0 Å². The summed E-state index contributed by atoms with van der Waals surface area (Å²) < 4.78 is 0. The van der Waals surface area contributed by atoms with Gasteiger partial charge in [0.15, 0.2) is 0 Å². The van der Waals surface area contributed by atoms with Gasteiger partial charge >= 0.3 is 0 Å². The summed E-state index contributed by atoms with van der Waals surface area (Å²) in [5, 5.41) is 3.43. The average molecular weight is 183 g/mol. The molecule has 1 unspecified atom stereocenters. The largest absolute Gasteiger partial charge is 0.311 e. The predicted octanol–water partition coefficient (Wildman–Crippen LogP) is 3.37. The summed E-state index contributed by atoms with van der Waals surface area (Å²) in [6.07, 6.45) is 4.64. The molecule has 1 nitrogen and oxygen atoms in total. The smallest absolute Gasteiger partial charge is 0.0362 e. The van der Waals surface area contributed by atoms with E-state index in [0.29, 0.717) is 0 Å². The van der Waals surface area contributed by atoms with E-state index in [2.05, 4.69) is 53.1 Å². The summed E-state index contributed by atoms with van der Waals surface area (Å²) in [5.74, 6) is 0.734. The third kappa shape index (κ3) is 3.95. The van der Waals surface area contributed by atoms with Crippen molar-refractivity contribution in [1.29, 1.82) is 0 Å². The van der Waals surface area contributed by atoms with Crippen molar-refractivity contribution in [2.24, 2.45) is 5.92 Å². The van der Waals surface area contributed by atoms with E-state index in [-0.39, 0.29) is 5.54 Å². The summed E-state index contributed by atoms with van der Waals surface area (Å²) >= 11 is 0. The minimum Gasteiger partial charge on any atom is -0.311 e. The van der Waals surface area contributed by atoms with Crippen molar-refractivity contribution in [3.05, 3.63) is 11.6 Å². The lowest BCUT2D eigenvalue weighted by atomic mass is 9.84. The van der Waals surface area contributed by atoms with E-state index >= 15 is 0 Å². The molecule has 0 aliphatic rings. The van der Waals surface area contributed by atoms with Crippen LogP contribution in [0.5, 0.6) is 0 Å². The summed E-state index contributed by atoms with van der Waals surface area (Å²) in [7, 11) is 2.05. The molecular formula is C12H25N. The maximum absolute atomic E-state index is 3.43. The van der Waals surface area contributed by atoms with Crippen LogP contribution in [0, 0.1) is 5.92 Å². The Morgan fingerprint density at radius 1 is 1.46 bits per heavy atom. The van der Waals surface area contributed by atoms with Gasteiger partial charge in [-0.3, -0.25) is 0 Å². The Balaban J connectivity index is 4.52. The van der Waals surface area contributed by atoms with Gasteiger partial charge in [0.1, 0.15) is 0 Å². The predicted molar refractivity (Wildman–Crippen MR) is 61.0 cm³/mol. The molecule has 0 rings (SSSR count). The van der Waals surface area contributed by atoms with Gasteiger partial charge in [-0.1, -0.05) is 32.4 Å². The molecule has 78 valence electrons. The molecule has 1 heteroatoms. The van der Waals surface area contributed by atoms with Crippen molar-refractivity contribution in [2.75, 3.05) is 7.05 Å². The first-order valence-electron chi connectivity index (χ1n) is 5.32. The Kier molecular flexibility index (Phi) is 5.31. The Bertz CT molecular complexity index is 170. The monoisotopic (exact) mass is 183 g/mol. The van der Waals surface area contributed by atoms with Gasteiger partial charge in [-0.25, -0.2) is 0 Å². The number of allylic oxidation sites excluding steroid dienone is 1. The van der Waals surface area contributed by atoms with E-state index in [0.717, 1.165) is 12.3 Å². The second-order valence-corrected chi connectivity index (χ2v) is 4.48. The zero-order valence-corrected chi connectivity index (χ0v) is 10.1. The first kappa shape index (κ1) is 12.7. The zero-order chi connectivity index (χ0) is 10.5. The molecule has 1 N–H and O–H groups in total. The summed E-state index contributed by atoms with van der Waals surface area (Å²) in [5.41, 5.74) is 1.65. The van der Waals surface area contributed by atoms with Crippen LogP contribution in [-0.2, 0) is 0 Å². The van der Waals surface area contributed by atoms with Gasteiger partial charge in [0.05, 0.1) is 0 Å². The van der Waals surface area contributed by atoms with E-state index in [1.165, 1.54) is 12.0 Å². The Hall–Kier alpha value is -0.300. The second-order valence-electron chi connectivity index (χ2n) is 4.48. The molecule has 0 heterocycles. The molecule has 0 fully saturated rings. The van der Waals surface area contributed by atoms with Crippen LogP contribution in [0.25, 0.3) is 0 Å². The molecule has 0 aromatic carbocycles. The highest BCUT2D eigenvalue weighted by Gasteiger charge is 2.24. The second kappa shape index (κ2) is 5.43. The van der Waals surface area contributed by atoms with Crippen LogP contribution in [0.15, 0.2) is 11.6 Å². The fourth-order valence-electron chi connectivity index (χ4n) is 1.81. The average Bonchev–Trinajstić information content (AvgIpc) is 2.03. The van der Waals surface area contributed by atoms with E-state index < -0.39 is 0 Å². The lowest BCUT2D eigenvalue weighted by molar-refractivity contribution is 0.360. The van der Waals surface area contributed by atoms with Crippen LogP contribution in [0.4, 0.5) is 0 Å². The van der Waals surface area contributed by atoms with Crippen LogP contribution in [-0.4, -0.2) is 12.6 Å². The number of hydrogen-bond acceptors (Lipinski definition) is 1. The topological polar surface area (TPSA) is 12.0 Å². The maximum Gasteiger partial charge on any atom is 0.0362 e. The molecule has 0 aromatic heterocycles. The maximum atomic E-state index is 3.43. The van der Waals surface area contributed by atoms with Crippen LogP contribution < -0.4 is 5.32 Å². The molecule has 0 bridgehead atoms. The van der Waals surface area contributed by atoms with Gasteiger partial charge in [0, 0.05) is 5.54 Å². The lowest BCUT2D eigenvalue weighted by Crippen LogP contribution is -2.42. The lowest BCUT2D eigenvalue weighted by Gasteiger charge is -2.32. The van der Waals surface area contributed by atoms with Crippen molar-refractivity contribution >= 4 is 0 Å². The highest BCUT2D eigenvalue weighted by Crippen LogP contribution is 2.24. The minimum atomic E-state index is 0.185. The Morgan fingerprint density at radius 3 is 2.31 bits per heavy atom. The zero-order valence-electron chi connectivity index (χ0n) is 10.1. The van der Waals surface area contributed by atoms with Crippen LogP contribution in [0.2, 0.25) is 0 Å². The molecule has 0 aromatic rings. The van der Waals surface area contributed by atoms with Crippen LogP contribution in [0.1, 0.15) is 47.5 Å². The minimum absolute atomic E-state index is 0.185. The molecule has 13 heavy (non-hydrogen) atoms. The van der Waals surface area contributed by atoms with E-state index in [9.17, 15) is 0 Å². The summed E-state index contributed by atoms with van der Waals surface area (Å²) in [4.78, 5) is 0. The van der Waals surface area contributed by atoms with Gasteiger partial charge in [0.25, 0.3) is 0 Å². The van der Waals surface area contributed by atoms with Gasteiger partial charge in [-0.05, 0) is 39.7 Å². The molecule has 0 amide bonds. The number of hydrogen-bond donors (Lipinski definition) is 1. The van der Waals surface area contributed by atoms with Gasteiger partial charge in [-0.15, -0.1) is 0 Å². The van der Waals surface area contributed by atoms with Gasteiger partial charge < -0.3 is 5.32 Å². The van der Waals surface area contributed by atoms with E-state index in [1.54, 1.807) is 0 Å². The van der Waals surface area contributed by atoms with E-state index in [4.69, 9.17) is 0 Å².